The van der Waals surface area contributed by atoms with Crippen LogP contribution in [-0.4, -0.2) is 18.4 Å². The van der Waals surface area contributed by atoms with Crippen molar-refractivity contribution in [1.29, 1.82) is 0 Å². The van der Waals surface area contributed by atoms with Crippen LogP contribution < -0.4 is 15.6 Å². The molecule has 0 heterocycles. The second-order valence-electron chi connectivity index (χ2n) is 5.09. The normalized spacial score (nSPS) is 10.1. The molecule has 0 bridgehead atoms. The van der Waals surface area contributed by atoms with Gasteiger partial charge >= 0.3 is 0 Å². The minimum atomic E-state index is -0.367. The Morgan fingerprint density at radius 1 is 1.08 bits per heavy atom. The van der Waals surface area contributed by atoms with Crippen molar-refractivity contribution < 1.29 is 14.3 Å². The van der Waals surface area contributed by atoms with Gasteiger partial charge in [0.2, 0.25) is 5.91 Å². The average molecular weight is 391 g/mol. The fourth-order valence-electron chi connectivity index (χ4n) is 2.08. The van der Waals surface area contributed by atoms with Crippen molar-refractivity contribution in [3.8, 4) is 5.75 Å². The molecule has 0 atom stereocenters. The molecule has 0 aliphatic heterocycles. The monoisotopic (exact) mass is 390 g/mol. The molecule has 0 spiro atoms. The predicted molar refractivity (Wildman–Crippen MR) is 95.7 cm³/mol. The summed E-state index contributed by atoms with van der Waals surface area (Å²) in [5.74, 6) is 0.0928. The summed E-state index contributed by atoms with van der Waals surface area (Å²) in [7, 11) is 0. The highest BCUT2D eigenvalue weighted by molar-refractivity contribution is 9.10. The summed E-state index contributed by atoms with van der Waals surface area (Å²) in [5, 5.41) is 0. The van der Waals surface area contributed by atoms with Crippen LogP contribution in [0.5, 0.6) is 5.75 Å². The van der Waals surface area contributed by atoms with Crippen LogP contribution in [0.15, 0.2) is 53.0 Å². The molecule has 0 aliphatic rings. The molecule has 0 unspecified atom stereocenters. The lowest BCUT2D eigenvalue weighted by molar-refractivity contribution is -0.121. The molecule has 2 aromatic carbocycles. The van der Waals surface area contributed by atoms with Crippen LogP contribution in [0.1, 0.15) is 29.3 Å². The molecule has 24 heavy (non-hydrogen) atoms. The minimum absolute atomic E-state index is 0.241. The fourth-order valence-corrected chi connectivity index (χ4v) is 2.53. The van der Waals surface area contributed by atoms with E-state index in [1.807, 2.05) is 31.2 Å². The van der Waals surface area contributed by atoms with Crippen molar-refractivity contribution in [2.45, 2.75) is 19.8 Å². The molecule has 5 nitrogen and oxygen atoms in total. The van der Waals surface area contributed by atoms with E-state index < -0.39 is 0 Å². The SMILES string of the molecule is CCOc1ccc(C(=O)NNC(=O)CCc2cccc(Br)c2)cc1. The lowest BCUT2D eigenvalue weighted by Gasteiger charge is -2.08. The maximum Gasteiger partial charge on any atom is 0.269 e. The number of hydrazine groups is 1. The predicted octanol–water partition coefficient (Wildman–Crippen LogP) is 3.24. The van der Waals surface area contributed by atoms with E-state index >= 15 is 0 Å². The van der Waals surface area contributed by atoms with Gasteiger partial charge < -0.3 is 4.74 Å². The molecule has 2 amide bonds. The highest BCUT2D eigenvalue weighted by atomic mass is 79.9. The number of carbonyl (C=O) groups excluding carboxylic acids is 2. The summed E-state index contributed by atoms with van der Waals surface area (Å²) in [6.45, 7) is 2.46. The van der Waals surface area contributed by atoms with Gasteiger partial charge in [-0.25, -0.2) is 0 Å². The number of benzene rings is 2. The Morgan fingerprint density at radius 2 is 1.83 bits per heavy atom. The van der Waals surface area contributed by atoms with Gasteiger partial charge in [0.15, 0.2) is 0 Å². The molecule has 0 fully saturated rings. The molecule has 2 N–H and O–H groups in total. The molecule has 0 saturated carbocycles. The minimum Gasteiger partial charge on any atom is -0.494 e. The first-order valence-electron chi connectivity index (χ1n) is 7.65. The van der Waals surface area contributed by atoms with Crippen LogP contribution in [-0.2, 0) is 11.2 Å². The number of aryl methyl sites for hydroxylation is 1. The Balaban J connectivity index is 1.77. The van der Waals surface area contributed by atoms with Crippen LogP contribution in [0.3, 0.4) is 0 Å². The highest BCUT2D eigenvalue weighted by Gasteiger charge is 2.08. The molecular weight excluding hydrogens is 372 g/mol. The van der Waals surface area contributed by atoms with Crippen molar-refractivity contribution in [2.75, 3.05) is 6.61 Å². The van der Waals surface area contributed by atoms with Crippen LogP contribution in [0.2, 0.25) is 0 Å². The number of hydrogen-bond acceptors (Lipinski definition) is 3. The molecular formula is C18H19BrN2O3. The number of ether oxygens (including phenoxy) is 1. The molecule has 0 aliphatic carbocycles. The smallest absolute Gasteiger partial charge is 0.269 e. The Kier molecular flexibility index (Phi) is 6.81. The number of amides is 2. The van der Waals surface area contributed by atoms with Gasteiger partial charge in [-0.3, -0.25) is 20.4 Å². The topological polar surface area (TPSA) is 67.4 Å². The van der Waals surface area contributed by atoms with Gasteiger partial charge in [0.1, 0.15) is 5.75 Å². The molecule has 0 aromatic heterocycles. The Bertz CT molecular complexity index is 702. The molecule has 0 saturated heterocycles. The maximum atomic E-state index is 12.0. The Labute approximate surface area is 149 Å². The summed E-state index contributed by atoms with van der Waals surface area (Å²) in [4.78, 5) is 23.8. The second kappa shape index (κ2) is 9.08. The van der Waals surface area contributed by atoms with Crippen molar-refractivity contribution in [1.82, 2.24) is 10.9 Å². The summed E-state index contributed by atoms with van der Waals surface area (Å²) in [6.07, 6.45) is 0.893. The molecule has 0 radical (unpaired) electrons. The van der Waals surface area contributed by atoms with Gasteiger partial charge in [0.25, 0.3) is 5.91 Å². The number of halogens is 1. The van der Waals surface area contributed by atoms with E-state index in [9.17, 15) is 9.59 Å². The van der Waals surface area contributed by atoms with E-state index in [1.54, 1.807) is 24.3 Å². The lowest BCUT2D eigenvalue weighted by Crippen LogP contribution is -2.41. The molecule has 126 valence electrons. The molecule has 2 aromatic rings. The molecule has 6 heteroatoms. The summed E-state index contributed by atoms with van der Waals surface area (Å²) in [6, 6.07) is 14.5. The third-order valence-corrected chi connectivity index (χ3v) is 3.77. The standard InChI is InChI=1S/C18H19BrN2O3/c1-2-24-16-9-7-14(8-10-16)18(23)21-20-17(22)11-6-13-4-3-5-15(19)12-13/h3-5,7-10,12H,2,6,11H2,1H3,(H,20,22)(H,21,23). The van der Waals surface area contributed by atoms with Crippen LogP contribution in [0.25, 0.3) is 0 Å². The van der Waals surface area contributed by atoms with Gasteiger partial charge in [0, 0.05) is 16.5 Å². The van der Waals surface area contributed by atoms with Crippen molar-refractivity contribution in [3.05, 3.63) is 64.1 Å². The van der Waals surface area contributed by atoms with Gasteiger partial charge in [-0.1, -0.05) is 28.1 Å². The maximum absolute atomic E-state index is 12.0. The largest absolute Gasteiger partial charge is 0.494 e. The zero-order valence-corrected chi connectivity index (χ0v) is 14.9. The van der Waals surface area contributed by atoms with Gasteiger partial charge in [0.05, 0.1) is 6.61 Å². The first-order chi connectivity index (χ1) is 11.6. The first kappa shape index (κ1) is 18.0. The average Bonchev–Trinajstić information content (AvgIpc) is 2.59. The summed E-state index contributed by atoms with van der Waals surface area (Å²) >= 11 is 3.39. The summed E-state index contributed by atoms with van der Waals surface area (Å²) in [5.41, 5.74) is 6.34. The first-order valence-corrected chi connectivity index (χ1v) is 8.44. The quantitative estimate of drug-likeness (QED) is 0.743. The van der Waals surface area contributed by atoms with Crippen molar-refractivity contribution in [2.24, 2.45) is 0 Å². The third-order valence-electron chi connectivity index (χ3n) is 3.27. The third kappa shape index (κ3) is 5.70. The Hall–Kier alpha value is -2.34. The van der Waals surface area contributed by atoms with E-state index in [0.29, 0.717) is 30.8 Å². The van der Waals surface area contributed by atoms with E-state index in [1.165, 1.54) is 0 Å². The van der Waals surface area contributed by atoms with Crippen LogP contribution in [0, 0.1) is 0 Å². The van der Waals surface area contributed by atoms with Gasteiger partial charge in [-0.15, -0.1) is 0 Å². The van der Waals surface area contributed by atoms with E-state index in [4.69, 9.17) is 4.74 Å². The zero-order chi connectivity index (χ0) is 17.4. The second-order valence-corrected chi connectivity index (χ2v) is 6.01. The summed E-state index contributed by atoms with van der Waals surface area (Å²) < 4.78 is 6.29. The fraction of sp³-hybridized carbons (Fsp3) is 0.222. The van der Waals surface area contributed by atoms with Crippen LogP contribution >= 0.6 is 15.9 Å². The van der Waals surface area contributed by atoms with E-state index in [0.717, 1.165) is 10.0 Å². The van der Waals surface area contributed by atoms with E-state index in [2.05, 4.69) is 26.8 Å². The van der Waals surface area contributed by atoms with E-state index in [-0.39, 0.29) is 11.8 Å². The lowest BCUT2D eigenvalue weighted by atomic mass is 10.1. The number of carbonyl (C=O) groups is 2. The Morgan fingerprint density at radius 3 is 2.50 bits per heavy atom. The number of nitrogens with one attached hydrogen (secondary N) is 2. The van der Waals surface area contributed by atoms with Crippen molar-refractivity contribution >= 4 is 27.7 Å². The van der Waals surface area contributed by atoms with Crippen LogP contribution in [0.4, 0.5) is 0 Å². The van der Waals surface area contributed by atoms with Gasteiger partial charge in [-0.05, 0) is 55.3 Å². The number of hydrogen-bond donors (Lipinski definition) is 2. The van der Waals surface area contributed by atoms with Crippen molar-refractivity contribution in [3.63, 3.8) is 0 Å². The highest BCUT2D eigenvalue weighted by Crippen LogP contribution is 2.13. The molecule has 2 rings (SSSR count). The number of rotatable bonds is 6. The zero-order valence-electron chi connectivity index (χ0n) is 13.3. The van der Waals surface area contributed by atoms with Gasteiger partial charge in [-0.2, -0.15) is 0 Å².